The maximum Gasteiger partial charge on any atom is 0.158 e. The van der Waals surface area contributed by atoms with Gasteiger partial charge in [-0.05, 0) is 12.1 Å². The molecule has 1 heterocycles. The zero-order valence-electron chi connectivity index (χ0n) is 11.1. The van der Waals surface area contributed by atoms with Crippen LogP contribution in [0.1, 0.15) is 18.2 Å². The minimum absolute atomic E-state index is 0.579. The van der Waals surface area contributed by atoms with E-state index in [4.69, 9.17) is 5.84 Å². The molecule has 1 aromatic carbocycles. The predicted octanol–water partition coefficient (Wildman–Crippen LogP) is 1.78. The summed E-state index contributed by atoms with van der Waals surface area (Å²) < 4.78 is 0. The van der Waals surface area contributed by atoms with Gasteiger partial charge in [-0.25, -0.2) is 10.8 Å². The van der Waals surface area contributed by atoms with Crippen molar-refractivity contribution in [3.63, 3.8) is 0 Å². The molecule has 0 bridgehead atoms. The van der Waals surface area contributed by atoms with E-state index >= 15 is 0 Å². The Bertz CT molecular complexity index is 483. The van der Waals surface area contributed by atoms with E-state index in [9.17, 15) is 0 Å². The summed E-state index contributed by atoms with van der Waals surface area (Å²) in [4.78, 5) is 10.8. The Kier molecular flexibility index (Phi) is 4.83. The summed E-state index contributed by atoms with van der Waals surface area (Å²) in [5.74, 6) is 5.85. The van der Waals surface area contributed by atoms with Crippen LogP contribution in [-0.4, -0.2) is 21.4 Å². The molecule has 0 atom stereocenters. The molecule has 0 saturated heterocycles. The van der Waals surface area contributed by atoms with Gasteiger partial charge in [0, 0.05) is 13.1 Å². The number of anilines is 1. The molecule has 19 heavy (non-hydrogen) atoms. The Morgan fingerprint density at radius 1 is 1.11 bits per heavy atom. The van der Waals surface area contributed by atoms with Crippen molar-refractivity contribution in [1.29, 1.82) is 0 Å². The fourth-order valence-electron chi connectivity index (χ4n) is 1.86. The molecule has 1 aromatic heterocycles. The molecule has 2 rings (SSSR count). The van der Waals surface area contributed by atoms with Gasteiger partial charge in [-0.2, -0.15) is 0 Å². The minimum atomic E-state index is 0.579. The Labute approximate surface area is 113 Å². The van der Waals surface area contributed by atoms with Crippen LogP contribution < -0.4 is 11.3 Å². The van der Waals surface area contributed by atoms with Crippen LogP contribution in [0, 0.1) is 0 Å². The summed E-state index contributed by atoms with van der Waals surface area (Å²) in [5, 5.41) is 0. The van der Waals surface area contributed by atoms with Gasteiger partial charge in [0.25, 0.3) is 0 Å². The van der Waals surface area contributed by atoms with Crippen LogP contribution in [0.15, 0.2) is 42.7 Å². The van der Waals surface area contributed by atoms with Crippen molar-refractivity contribution in [1.82, 2.24) is 14.9 Å². The van der Waals surface area contributed by atoms with Gasteiger partial charge in [0.05, 0.1) is 18.1 Å². The van der Waals surface area contributed by atoms with Gasteiger partial charge in [-0.3, -0.25) is 9.88 Å². The molecule has 0 radical (unpaired) electrons. The largest absolute Gasteiger partial charge is 0.307 e. The van der Waals surface area contributed by atoms with Gasteiger partial charge in [0.15, 0.2) is 5.82 Å². The highest BCUT2D eigenvalue weighted by Crippen LogP contribution is 2.08. The lowest BCUT2D eigenvalue weighted by Crippen LogP contribution is -2.23. The second-order valence-corrected chi connectivity index (χ2v) is 4.33. The van der Waals surface area contributed by atoms with Crippen LogP contribution in [0.5, 0.6) is 0 Å². The Balaban J connectivity index is 1.98. The first kappa shape index (κ1) is 13.5. The lowest BCUT2D eigenvalue weighted by Gasteiger charge is -2.19. The van der Waals surface area contributed by atoms with Crippen molar-refractivity contribution in [3.8, 4) is 0 Å². The normalized spacial score (nSPS) is 10.7. The molecular weight excluding hydrogens is 238 g/mol. The average molecular weight is 257 g/mol. The van der Waals surface area contributed by atoms with Gasteiger partial charge >= 0.3 is 0 Å². The lowest BCUT2D eigenvalue weighted by molar-refractivity contribution is 0.268. The third-order valence-electron chi connectivity index (χ3n) is 2.94. The maximum absolute atomic E-state index is 5.27. The van der Waals surface area contributed by atoms with Crippen LogP contribution in [0.3, 0.4) is 0 Å². The van der Waals surface area contributed by atoms with Gasteiger partial charge in [0.1, 0.15) is 0 Å². The van der Waals surface area contributed by atoms with Crippen molar-refractivity contribution >= 4 is 5.82 Å². The molecule has 0 fully saturated rings. The van der Waals surface area contributed by atoms with E-state index in [1.165, 1.54) is 5.56 Å². The zero-order chi connectivity index (χ0) is 13.5. The molecular formula is C14H19N5. The Morgan fingerprint density at radius 2 is 1.89 bits per heavy atom. The number of benzene rings is 1. The second-order valence-electron chi connectivity index (χ2n) is 4.33. The number of hydrazine groups is 1. The van der Waals surface area contributed by atoms with Crippen molar-refractivity contribution in [3.05, 3.63) is 54.0 Å². The number of nitrogens with zero attached hydrogens (tertiary/aromatic N) is 3. The number of rotatable bonds is 6. The van der Waals surface area contributed by atoms with E-state index in [1.54, 1.807) is 12.4 Å². The molecule has 0 amide bonds. The highest BCUT2D eigenvalue weighted by molar-refractivity contribution is 5.28. The lowest BCUT2D eigenvalue weighted by atomic mass is 10.2. The first-order valence-corrected chi connectivity index (χ1v) is 6.35. The van der Waals surface area contributed by atoms with E-state index in [1.807, 2.05) is 6.07 Å². The first-order valence-electron chi connectivity index (χ1n) is 6.35. The van der Waals surface area contributed by atoms with Gasteiger partial charge in [-0.1, -0.05) is 37.3 Å². The molecule has 0 spiro atoms. The highest BCUT2D eigenvalue weighted by atomic mass is 15.3. The summed E-state index contributed by atoms with van der Waals surface area (Å²) in [5.41, 5.74) is 4.72. The monoisotopic (exact) mass is 257 g/mol. The van der Waals surface area contributed by atoms with Crippen molar-refractivity contribution in [2.75, 3.05) is 12.0 Å². The molecule has 3 N–H and O–H groups in total. The number of hydrogen-bond acceptors (Lipinski definition) is 5. The third-order valence-corrected chi connectivity index (χ3v) is 2.94. The number of aromatic nitrogens is 2. The van der Waals surface area contributed by atoms with E-state index in [0.29, 0.717) is 5.82 Å². The van der Waals surface area contributed by atoms with Crippen molar-refractivity contribution in [2.45, 2.75) is 20.0 Å². The maximum atomic E-state index is 5.27. The molecule has 0 aliphatic heterocycles. The van der Waals surface area contributed by atoms with Gasteiger partial charge in [-0.15, -0.1) is 0 Å². The van der Waals surface area contributed by atoms with E-state index < -0.39 is 0 Å². The fourth-order valence-corrected chi connectivity index (χ4v) is 1.86. The number of nitrogens with one attached hydrogen (secondary N) is 1. The molecule has 5 nitrogen and oxygen atoms in total. The standard InChI is InChI=1S/C14H19N5/c1-2-19(10-12-6-4-3-5-7-12)11-13-8-17-14(18-15)9-16-13/h3-9H,2,10-11,15H2,1H3,(H,17,18). The van der Waals surface area contributed by atoms with Crippen molar-refractivity contribution < 1.29 is 0 Å². The summed E-state index contributed by atoms with van der Waals surface area (Å²) >= 11 is 0. The predicted molar refractivity (Wildman–Crippen MR) is 76.1 cm³/mol. The SMILES string of the molecule is CCN(Cc1ccccc1)Cc1cnc(NN)cn1. The van der Waals surface area contributed by atoms with Crippen LogP contribution in [0.2, 0.25) is 0 Å². The van der Waals surface area contributed by atoms with E-state index in [2.05, 4.69) is 51.5 Å². The molecule has 0 saturated carbocycles. The number of nitrogens with two attached hydrogens (primary N) is 1. The van der Waals surface area contributed by atoms with Crippen LogP contribution >= 0.6 is 0 Å². The molecule has 0 aliphatic carbocycles. The average Bonchev–Trinajstić information content (AvgIpc) is 2.48. The van der Waals surface area contributed by atoms with Crippen LogP contribution in [0.25, 0.3) is 0 Å². The van der Waals surface area contributed by atoms with Crippen LogP contribution in [-0.2, 0) is 13.1 Å². The molecule has 2 aromatic rings. The molecule has 100 valence electrons. The summed E-state index contributed by atoms with van der Waals surface area (Å²) in [7, 11) is 0. The van der Waals surface area contributed by atoms with Gasteiger partial charge in [0.2, 0.25) is 0 Å². The Morgan fingerprint density at radius 3 is 2.47 bits per heavy atom. The van der Waals surface area contributed by atoms with Gasteiger partial charge < -0.3 is 5.43 Å². The minimum Gasteiger partial charge on any atom is -0.307 e. The first-order chi connectivity index (χ1) is 9.31. The summed E-state index contributed by atoms with van der Waals surface area (Å²) in [6, 6.07) is 10.4. The zero-order valence-corrected chi connectivity index (χ0v) is 11.1. The quantitative estimate of drug-likeness (QED) is 0.610. The highest BCUT2D eigenvalue weighted by Gasteiger charge is 2.06. The topological polar surface area (TPSA) is 67.1 Å². The summed E-state index contributed by atoms with van der Waals surface area (Å²) in [6.45, 7) is 4.80. The second kappa shape index (κ2) is 6.82. The Hall–Kier alpha value is -1.98. The van der Waals surface area contributed by atoms with Crippen LogP contribution in [0.4, 0.5) is 5.82 Å². The molecule has 0 aliphatic rings. The molecule has 5 heteroatoms. The van der Waals surface area contributed by atoms with E-state index in [0.717, 1.165) is 25.3 Å². The summed E-state index contributed by atoms with van der Waals surface area (Å²) in [6.07, 6.45) is 3.40. The molecule has 0 unspecified atom stereocenters. The number of nitrogen functional groups attached to an aromatic ring is 1. The van der Waals surface area contributed by atoms with Crippen molar-refractivity contribution in [2.24, 2.45) is 5.84 Å². The number of hydrogen-bond donors (Lipinski definition) is 2. The fraction of sp³-hybridized carbons (Fsp3) is 0.286. The third kappa shape index (κ3) is 4.01. The smallest absolute Gasteiger partial charge is 0.158 e. The van der Waals surface area contributed by atoms with E-state index in [-0.39, 0.29) is 0 Å².